The number of rotatable bonds is 6. The predicted octanol–water partition coefficient (Wildman–Crippen LogP) is 4.03. The van der Waals surface area contributed by atoms with E-state index in [1.165, 1.54) is 11.8 Å². The smallest absolute Gasteiger partial charge is 0.233 e. The van der Waals surface area contributed by atoms with E-state index in [1.807, 2.05) is 61.0 Å². The molecule has 0 saturated heterocycles. The van der Waals surface area contributed by atoms with Crippen LogP contribution in [-0.2, 0) is 18.4 Å². The van der Waals surface area contributed by atoms with Gasteiger partial charge in [0.1, 0.15) is 5.75 Å². The van der Waals surface area contributed by atoms with E-state index in [2.05, 4.69) is 10.3 Å². The van der Waals surface area contributed by atoms with Crippen LogP contribution in [0.25, 0.3) is 11.0 Å². The molecule has 3 aromatic rings. The number of ether oxygens (including phenoxy) is 1. The van der Waals surface area contributed by atoms with Gasteiger partial charge in [0.15, 0.2) is 5.16 Å². The standard InChI is InChI=1S/C19H20ClN3O2S/c1-12(18(24)21-11-13-6-4-5-7-17(13)25-3)26-19-22-15-10-14(20)8-9-16(15)23(19)2/h4-10,12H,11H2,1-3H3,(H,21,24)/t12-/m0/s1. The fraction of sp³-hybridized carbons (Fsp3) is 0.263. The number of nitrogens with zero attached hydrogens (tertiary/aromatic N) is 2. The van der Waals surface area contributed by atoms with Crippen LogP contribution in [0.1, 0.15) is 12.5 Å². The van der Waals surface area contributed by atoms with Gasteiger partial charge in [-0.15, -0.1) is 0 Å². The van der Waals surface area contributed by atoms with Crippen LogP contribution < -0.4 is 10.1 Å². The Hall–Kier alpha value is -2.18. The third-order valence-electron chi connectivity index (χ3n) is 4.10. The van der Waals surface area contributed by atoms with Crippen LogP contribution in [0.2, 0.25) is 5.02 Å². The molecule has 0 radical (unpaired) electrons. The third-order valence-corrected chi connectivity index (χ3v) is 5.48. The van der Waals surface area contributed by atoms with Crippen LogP contribution in [0.5, 0.6) is 5.75 Å². The molecule has 1 N–H and O–H groups in total. The van der Waals surface area contributed by atoms with Crippen molar-refractivity contribution in [3.05, 3.63) is 53.1 Å². The topological polar surface area (TPSA) is 56.1 Å². The number of thioether (sulfide) groups is 1. The molecule has 0 aliphatic rings. The van der Waals surface area contributed by atoms with Gasteiger partial charge < -0.3 is 14.6 Å². The van der Waals surface area contributed by atoms with E-state index in [-0.39, 0.29) is 11.2 Å². The summed E-state index contributed by atoms with van der Waals surface area (Å²) < 4.78 is 7.28. The van der Waals surface area contributed by atoms with E-state index in [0.717, 1.165) is 27.5 Å². The van der Waals surface area contributed by atoms with Crippen LogP contribution in [0, 0.1) is 0 Å². The SMILES string of the molecule is COc1ccccc1CNC(=O)[C@H](C)Sc1nc2cc(Cl)ccc2n1C. The number of hydrogen-bond donors (Lipinski definition) is 1. The number of imidazole rings is 1. The average molecular weight is 390 g/mol. The Morgan fingerprint density at radius 2 is 2.12 bits per heavy atom. The van der Waals surface area contributed by atoms with Crippen molar-refractivity contribution in [2.75, 3.05) is 7.11 Å². The third kappa shape index (κ3) is 3.97. The zero-order valence-corrected chi connectivity index (χ0v) is 16.4. The maximum Gasteiger partial charge on any atom is 0.233 e. The second-order valence-electron chi connectivity index (χ2n) is 5.88. The molecule has 0 saturated carbocycles. The number of fused-ring (bicyclic) bond motifs is 1. The largest absolute Gasteiger partial charge is 0.496 e. The first-order valence-electron chi connectivity index (χ1n) is 8.18. The number of carbonyl (C=O) groups excluding carboxylic acids is 1. The second-order valence-corrected chi connectivity index (χ2v) is 7.62. The molecule has 1 heterocycles. The molecule has 0 spiro atoms. The summed E-state index contributed by atoms with van der Waals surface area (Å²) in [6, 6.07) is 13.2. The Bertz CT molecular complexity index is 942. The summed E-state index contributed by atoms with van der Waals surface area (Å²) in [7, 11) is 3.56. The molecular weight excluding hydrogens is 370 g/mol. The highest BCUT2D eigenvalue weighted by atomic mass is 35.5. The van der Waals surface area contributed by atoms with Gasteiger partial charge in [-0.25, -0.2) is 4.98 Å². The van der Waals surface area contributed by atoms with Crippen molar-refractivity contribution >= 4 is 40.3 Å². The first-order chi connectivity index (χ1) is 12.5. The van der Waals surface area contributed by atoms with Crippen LogP contribution >= 0.6 is 23.4 Å². The summed E-state index contributed by atoms with van der Waals surface area (Å²) in [5.41, 5.74) is 2.75. The van der Waals surface area contributed by atoms with Crippen molar-refractivity contribution in [1.82, 2.24) is 14.9 Å². The fourth-order valence-corrected chi connectivity index (χ4v) is 3.72. The summed E-state index contributed by atoms with van der Waals surface area (Å²) in [4.78, 5) is 17.1. The predicted molar refractivity (Wildman–Crippen MR) is 106 cm³/mol. The van der Waals surface area contributed by atoms with E-state index in [9.17, 15) is 4.79 Å². The highest BCUT2D eigenvalue weighted by molar-refractivity contribution is 8.00. The van der Waals surface area contributed by atoms with Crippen LogP contribution in [0.15, 0.2) is 47.6 Å². The van der Waals surface area contributed by atoms with Crippen molar-refractivity contribution < 1.29 is 9.53 Å². The number of carbonyl (C=O) groups is 1. The highest BCUT2D eigenvalue weighted by Gasteiger charge is 2.18. The van der Waals surface area contributed by atoms with Crippen molar-refractivity contribution in [3.63, 3.8) is 0 Å². The minimum Gasteiger partial charge on any atom is -0.496 e. The molecule has 0 aliphatic heterocycles. The Balaban J connectivity index is 1.67. The molecule has 3 rings (SSSR count). The van der Waals surface area contributed by atoms with Gasteiger partial charge in [0.2, 0.25) is 5.91 Å². The van der Waals surface area contributed by atoms with Gasteiger partial charge in [-0.3, -0.25) is 4.79 Å². The van der Waals surface area contributed by atoms with E-state index in [4.69, 9.17) is 16.3 Å². The van der Waals surface area contributed by atoms with Gasteiger partial charge in [-0.05, 0) is 31.2 Å². The normalized spacial score (nSPS) is 12.2. The van der Waals surface area contributed by atoms with Gasteiger partial charge in [0, 0.05) is 24.2 Å². The zero-order chi connectivity index (χ0) is 18.7. The van der Waals surface area contributed by atoms with Crippen LogP contribution in [-0.4, -0.2) is 27.8 Å². The number of para-hydroxylation sites is 1. The molecule has 136 valence electrons. The highest BCUT2D eigenvalue weighted by Crippen LogP contribution is 2.28. The van der Waals surface area contributed by atoms with Crippen molar-refractivity contribution in [2.24, 2.45) is 7.05 Å². The lowest BCUT2D eigenvalue weighted by atomic mass is 10.2. The van der Waals surface area contributed by atoms with Gasteiger partial charge in [-0.1, -0.05) is 41.6 Å². The van der Waals surface area contributed by atoms with Gasteiger partial charge >= 0.3 is 0 Å². The lowest BCUT2D eigenvalue weighted by Crippen LogP contribution is -2.30. The fourth-order valence-electron chi connectivity index (χ4n) is 2.64. The van der Waals surface area contributed by atoms with Crippen molar-refractivity contribution in [2.45, 2.75) is 23.9 Å². The summed E-state index contributed by atoms with van der Waals surface area (Å²) in [5.74, 6) is 0.714. The van der Waals surface area contributed by atoms with E-state index < -0.39 is 0 Å². The Kier molecular flexibility index (Phi) is 5.74. The van der Waals surface area contributed by atoms with Crippen molar-refractivity contribution in [3.8, 4) is 5.75 Å². The zero-order valence-electron chi connectivity index (χ0n) is 14.8. The number of aryl methyl sites for hydroxylation is 1. The summed E-state index contributed by atoms with van der Waals surface area (Å²) in [5, 5.41) is 4.10. The maximum atomic E-state index is 12.5. The Labute approximate surface area is 161 Å². The Morgan fingerprint density at radius 3 is 2.88 bits per heavy atom. The lowest BCUT2D eigenvalue weighted by Gasteiger charge is -2.13. The second kappa shape index (κ2) is 8.01. The Morgan fingerprint density at radius 1 is 1.35 bits per heavy atom. The number of aromatic nitrogens is 2. The molecule has 1 atom stereocenters. The maximum absolute atomic E-state index is 12.5. The molecular formula is C19H20ClN3O2S. The summed E-state index contributed by atoms with van der Waals surface area (Å²) in [6.45, 7) is 2.29. The van der Waals surface area contributed by atoms with Crippen LogP contribution in [0.4, 0.5) is 0 Å². The quantitative estimate of drug-likeness (QED) is 0.646. The number of nitrogens with one attached hydrogen (secondary N) is 1. The lowest BCUT2D eigenvalue weighted by molar-refractivity contribution is -0.120. The monoisotopic (exact) mass is 389 g/mol. The molecule has 0 unspecified atom stereocenters. The van der Waals surface area contributed by atoms with Gasteiger partial charge in [-0.2, -0.15) is 0 Å². The molecule has 5 nitrogen and oxygen atoms in total. The number of methoxy groups -OCH3 is 1. The van der Waals surface area contributed by atoms with E-state index in [1.54, 1.807) is 7.11 Å². The number of amides is 1. The van der Waals surface area contributed by atoms with Gasteiger partial charge in [0.05, 0.1) is 23.4 Å². The molecule has 1 amide bonds. The van der Waals surface area contributed by atoms with Gasteiger partial charge in [0.25, 0.3) is 0 Å². The van der Waals surface area contributed by atoms with Crippen LogP contribution in [0.3, 0.4) is 0 Å². The molecule has 0 aliphatic carbocycles. The minimum atomic E-state index is -0.282. The first-order valence-corrected chi connectivity index (χ1v) is 9.43. The summed E-state index contributed by atoms with van der Waals surface area (Å²) in [6.07, 6.45) is 0. The van der Waals surface area contributed by atoms with Crippen molar-refractivity contribution in [1.29, 1.82) is 0 Å². The van der Waals surface area contributed by atoms with E-state index >= 15 is 0 Å². The number of hydrogen-bond acceptors (Lipinski definition) is 4. The molecule has 26 heavy (non-hydrogen) atoms. The summed E-state index contributed by atoms with van der Waals surface area (Å²) >= 11 is 7.45. The molecule has 0 bridgehead atoms. The average Bonchev–Trinajstić information content (AvgIpc) is 2.94. The molecule has 2 aromatic carbocycles. The first kappa shape index (κ1) is 18.6. The molecule has 1 aromatic heterocycles. The molecule has 0 fully saturated rings. The van der Waals surface area contributed by atoms with E-state index in [0.29, 0.717) is 11.6 Å². The minimum absolute atomic E-state index is 0.0500. The molecule has 7 heteroatoms. The number of benzene rings is 2. The number of halogens is 1.